The molecule has 26 heavy (non-hydrogen) atoms. The van der Waals surface area contributed by atoms with Crippen LogP contribution in [0.15, 0.2) is 36.4 Å². The van der Waals surface area contributed by atoms with Gasteiger partial charge >= 0.3 is 0 Å². The van der Waals surface area contributed by atoms with Crippen LogP contribution in [0.4, 0.5) is 0 Å². The molecule has 4 nitrogen and oxygen atoms in total. The number of aliphatic hydroxyl groups is 1. The highest BCUT2D eigenvalue weighted by Gasteiger charge is 2.29. The molecule has 1 saturated heterocycles. The van der Waals surface area contributed by atoms with E-state index in [4.69, 9.17) is 9.47 Å². The third-order valence-electron chi connectivity index (χ3n) is 5.36. The molecule has 2 aromatic rings. The summed E-state index contributed by atoms with van der Waals surface area (Å²) >= 11 is 0. The second-order valence-electron chi connectivity index (χ2n) is 7.14. The molecule has 0 unspecified atom stereocenters. The van der Waals surface area contributed by atoms with E-state index in [9.17, 15) is 5.11 Å². The monoisotopic (exact) mass is 355 g/mol. The average Bonchev–Trinajstić information content (AvgIpc) is 3.11. The maximum absolute atomic E-state index is 10.8. The Labute approximate surface area is 156 Å². The quantitative estimate of drug-likeness (QED) is 0.844. The van der Waals surface area contributed by atoms with Crippen LogP contribution in [-0.2, 0) is 0 Å². The first-order valence-electron chi connectivity index (χ1n) is 9.24. The lowest BCUT2D eigenvalue weighted by Crippen LogP contribution is -2.28. The van der Waals surface area contributed by atoms with E-state index in [1.54, 1.807) is 14.2 Å². The average molecular weight is 355 g/mol. The molecule has 4 heteroatoms. The van der Waals surface area contributed by atoms with Crippen molar-refractivity contribution in [2.45, 2.75) is 38.8 Å². The summed E-state index contributed by atoms with van der Waals surface area (Å²) in [6.07, 6.45) is 1.75. The Bertz CT molecular complexity index is 759. The normalized spacial score (nSPS) is 18.7. The summed E-state index contributed by atoms with van der Waals surface area (Å²) in [6, 6.07) is 12.7. The number of nitrogens with zero attached hydrogens (tertiary/aromatic N) is 1. The van der Waals surface area contributed by atoms with Crippen molar-refractivity contribution in [3.05, 3.63) is 58.7 Å². The molecule has 0 aliphatic carbocycles. The predicted octanol–water partition coefficient (Wildman–Crippen LogP) is 4.19. The van der Waals surface area contributed by atoms with Crippen molar-refractivity contribution < 1.29 is 14.6 Å². The molecule has 0 radical (unpaired) electrons. The van der Waals surface area contributed by atoms with Crippen LogP contribution in [0.5, 0.6) is 11.5 Å². The molecule has 3 rings (SSSR count). The SMILES string of the molecule is COc1ccc([C@H]2CCCN2C[C@@H](O)c2cc(C)ccc2C)cc1OC. The molecule has 2 atom stereocenters. The Morgan fingerprint density at radius 1 is 1.08 bits per heavy atom. The standard InChI is InChI=1S/C22H29NO3/c1-15-7-8-16(2)18(12-15)20(24)14-23-11-5-6-19(23)17-9-10-21(25-3)22(13-17)26-4/h7-10,12-13,19-20,24H,5-6,11,14H2,1-4H3/t19-,20-/m1/s1. The molecular weight excluding hydrogens is 326 g/mol. The molecule has 1 N–H and O–H groups in total. The van der Waals surface area contributed by atoms with Gasteiger partial charge in [0.1, 0.15) is 0 Å². The summed E-state index contributed by atoms with van der Waals surface area (Å²) in [5, 5.41) is 10.8. The third kappa shape index (κ3) is 3.87. The Morgan fingerprint density at radius 3 is 2.58 bits per heavy atom. The summed E-state index contributed by atoms with van der Waals surface area (Å²) in [5.74, 6) is 1.50. The van der Waals surface area contributed by atoms with Crippen molar-refractivity contribution in [2.75, 3.05) is 27.3 Å². The zero-order valence-corrected chi connectivity index (χ0v) is 16.2. The van der Waals surface area contributed by atoms with Gasteiger partial charge in [0, 0.05) is 12.6 Å². The summed E-state index contributed by atoms with van der Waals surface area (Å²) in [5.41, 5.74) is 4.57. The smallest absolute Gasteiger partial charge is 0.161 e. The van der Waals surface area contributed by atoms with Crippen LogP contribution in [0.25, 0.3) is 0 Å². The molecule has 1 aliphatic heterocycles. The van der Waals surface area contributed by atoms with Crippen LogP contribution in [0.3, 0.4) is 0 Å². The van der Waals surface area contributed by atoms with E-state index in [1.165, 1.54) is 11.1 Å². The zero-order valence-electron chi connectivity index (χ0n) is 16.2. The van der Waals surface area contributed by atoms with E-state index in [2.05, 4.69) is 49.1 Å². The van der Waals surface area contributed by atoms with Gasteiger partial charge in [0.05, 0.1) is 20.3 Å². The highest BCUT2D eigenvalue weighted by molar-refractivity contribution is 5.44. The first kappa shape index (κ1) is 18.7. The van der Waals surface area contributed by atoms with Crippen molar-refractivity contribution in [3.8, 4) is 11.5 Å². The number of hydrogen-bond acceptors (Lipinski definition) is 4. The lowest BCUT2D eigenvalue weighted by Gasteiger charge is -2.28. The summed E-state index contributed by atoms with van der Waals surface area (Å²) in [6.45, 7) is 5.77. The number of ether oxygens (including phenoxy) is 2. The second-order valence-corrected chi connectivity index (χ2v) is 7.14. The topological polar surface area (TPSA) is 41.9 Å². The fourth-order valence-corrected chi connectivity index (χ4v) is 3.92. The zero-order chi connectivity index (χ0) is 18.7. The van der Waals surface area contributed by atoms with Gasteiger partial charge in [-0.1, -0.05) is 29.8 Å². The van der Waals surface area contributed by atoms with Crippen molar-refractivity contribution in [3.63, 3.8) is 0 Å². The number of aliphatic hydroxyl groups excluding tert-OH is 1. The first-order valence-corrected chi connectivity index (χ1v) is 9.24. The van der Waals surface area contributed by atoms with Gasteiger partial charge in [0.2, 0.25) is 0 Å². The van der Waals surface area contributed by atoms with Gasteiger partial charge in [-0.25, -0.2) is 0 Å². The van der Waals surface area contributed by atoms with Gasteiger partial charge in [-0.2, -0.15) is 0 Å². The predicted molar refractivity (Wildman–Crippen MR) is 104 cm³/mol. The largest absolute Gasteiger partial charge is 0.493 e. The van der Waals surface area contributed by atoms with Crippen LogP contribution >= 0.6 is 0 Å². The lowest BCUT2D eigenvalue weighted by molar-refractivity contribution is 0.105. The number of aryl methyl sites for hydroxylation is 2. The molecule has 0 amide bonds. The minimum absolute atomic E-state index is 0.301. The lowest BCUT2D eigenvalue weighted by atomic mass is 9.99. The van der Waals surface area contributed by atoms with Crippen LogP contribution in [-0.4, -0.2) is 37.3 Å². The number of rotatable bonds is 6. The number of benzene rings is 2. The van der Waals surface area contributed by atoms with Crippen LogP contribution < -0.4 is 9.47 Å². The molecule has 0 aromatic heterocycles. The van der Waals surface area contributed by atoms with Crippen LogP contribution in [0.1, 0.15) is 47.2 Å². The minimum Gasteiger partial charge on any atom is -0.493 e. The summed E-state index contributed by atoms with van der Waals surface area (Å²) in [7, 11) is 3.32. The molecule has 0 saturated carbocycles. The number of β-amino-alcohol motifs (C(OH)–C–C–N with tert-alkyl or cyclic N) is 1. The Morgan fingerprint density at radius 2 is 1.85 bits per heavy atom. The summed E-state index contributed by atoms with van der Waals surface area (Å²) in [4.78, 5) is 2.38. The Kier molecular flexibility index (Phi) is 5.84. The molecule has 1 heterocycles. The van der Waals surface area contributed by atoms with E-state index < -0.39 is 6.10 Å². The molecule has 1 aliphatic rings. The number of likely N-dealkylation sites (tertiary alicyclic amines) is 1. The maximum Gasteiger partial charge on any atom is 0.161 e. The van der Waals surface area contributed by atoms with E-state index in [0.717, 1.165) is 42.0 Å². The molecule has 0 bridgehead atoms. The van der Waals surface area contributed by atoms with Gasteiger partial charge in [-0.3, -0.25) is 4.90 Å². The van der Waals surface area contributed by atoms with Gasteiger partial charge in [-0.05, 0) is 62.1 Å². The van der Waals surface area contributed by atoms with Gasteiger partial charge in [0.15, 0.2) is 11.5 Å². The fraction of sp³-hybridized carbons (Fsp3) is 0.455. The minimum atomic E-state index is -0.476. The second kappa shape index (κ2) is 8.11. The van der Waals surface area contributed by atoms with Crippen molar-refractivity contribution in [1.82, 2.24) is 4.90 Å². The highest BCUT2D eigenvalue weighted by atomic mass is 16.5. The van der Waals surface area contributed by atoms with Gasteiger partial charge < -0.3 is 14.6 Å². The molecule has 2 aromatic carbocycles. The van der Waals surface area contributed by atoms with E-state index >= 15 is 0 Å². The van der Waals surface area contributed by atoms with Crippen molar-refractivity contribution in [2.24, 2.45) is 0 Å². The Hall–Kier alpha value is -2.04. The molecule has 1 fully saturated rings. The highest BCUT2D eigenvalue weighted by Crippen LogP contribution is 2.37. The number of hydrogen-bond donors (Lipinski definition) is 1. The summed E-state index contributed by atoms with van der Waals surface area (Å²) < 4.78 is 10.8. The first-order chi connectivity index (χ1) is 12.5. The fourth-order valence-electron chi connectivity index (χ4n) is 3.92. The van der Waals surface area contributed by atoms with Crippen molar-refractivity contribution in [1.29, 1.82) is 0 Å². The molecular formula is C22H29NO3. The number of methoxy groups -OCH3 is 2. The van der Waals surface area contributed by atoms with E-state index in [0.29, 0.717) is 12.6 Å². The Balaban J connectivity index is 1.79. The third-order valence-corrected chi connectivity index (χ3v) is 5.36. The van der Waals surface area contributed by atoms with Crippen LogP contribution in [0.2, 0.25) is 0 Å². The maximum atomic E-state index is 10.8. The van der Waals surface area contributed by atoms with E-state index in [-0.39, 0.29) is 0 Å². The van der Waals surface area contributed by atoms with Crippen LogP contribution in [0, 0.1) is 13.8 Å². The van der Waals surface area contributed by atoms with Crippen molar-refractivity contribution >= 4 is 0 Å². The molecule has 140 valence electrons. The van der Waals surface area contributed by atoms with E-state index in [1.807, 2.05) is 6.07 Å². The van der Waals surface area contributed by atoms with Gasteiger partial charge in [-0.15, -0.1) is 0 Å². The van der Waals surface area contributed by atoms with Gasteiger partial charge in [0.25, 0.3) is 0 Å². The molecule has 0 spiro atoms.